The molecule has 3 heteroatoms. The van der Waals surface area contributed by atoms with Gasteiger partial charge in [0.15, 0.2) is 0 Å². The number of nitrogens with one attached hydrogen (secondary N) is 1. The molecule has 3 nitrogen and oxygen atoms in total. The molecule has 1 N–H and O–H groups in total. The van der Waals surface area contributed by atoms with Crippen LogP contribution in [-0.4, -0.2) is 61.2 Å². The van der Waals surface area contributed by atoms with Gasteiger partial charge in [-0.3, -0.25) is 4.90 Å². The van der Waals surface area contributed by atoms with Crippen molar-refractivity contribution in [1.82, 2.24) is 15.1 Å². The summed E-state index contributed by atoms with van der Waals surface area (Å²) in [5, 5.41) is 3.77. The molecule has 18 heavy (non-hydrogen) atoms. The Morgan fingerprint density at radius 1 is 1.22 bits per heavy atom. The van der Waals surface area contributed by atoms with Crippen LogP contribution in [0.4, 0.5) is 0 Å². The third-order valence-electron chi connectivity index (χ3n) is 4.96. The molecule has 1 saturated carbocycles. The van der Waals surface area contributed by atoms with Gasteiger partial charge >= 0.3 is 0 Å². The minimum atomic E-state index is 0.688. The number of hydrogen-bond donors (Lipinski definition) is 1. The third kappa shape index (κ3) is 3.69. The fraction of sp³-hybridized carbons (Fsp3) is 1.00. The summed E-state index contributed by atoms with van der Waals surface area (Å²) in [7, 11) is 2.27. The first kappa shape index (κ1) is 14.3. The number of rotatable bonds is 5. The molecular weight excluding hydrogens is 222 g/mol. The van der Waals surface area contributed by atoms with E-state index in [1.54, 1.807) is 0 Å². The van der Waals surface area contributed by atoms with Crippen LogP contribution in [-0.2, 0) is 0 Å². The lowest BCUT2D eigenvalue weighted by Crippen LogP contribution is -2.55. The first-order valence-electron chi connectivity index (χ1n) is 7.88. The summed E-state index contributed by atoms with van der Waals surface area (Å²) in [6.07, 6.45) is 6.92. The molecule has 1 heterocycles. The number of likely N-dealkylation sites (N-methyl/N-ethyl adjacent to an activating group) is 1. The Bertz CT molecular complexity index is 238. The van der Waals surface area contributed by atoms with Crippen molar-refractivity contribution in [2.24, 2.45) is 0 Å². The van der Waals surface area contributed by atoms with Crippen molar-refractivity contribution in [3.8, 4) is 0 Å². The lowest BCUT2D eigenvalue weighted by molar-refractivity contribution is 0.0667. The molecule has 0 aromatic rings. The van der Waals surface area contributed by atoms with Crippen molar-refractivity contribution >= 4 is 0 Å². The van der Waals surface area contributed by atoms with E-state index in [0.717, 1.165) is 12.1 Å². The van der Waals surface area contributed by atoms with E-state index in [-0.39, 0.29) is 0 Å². The average molecular weight is 253 g/mol. The predicted octanol–water partition coefficient (Wildman–Crippen LogP) is 1.93. The molecule has 1 aliphatic heterocycles. The van der Waals surface area contributed by atoms with Crippen molar-refractivity contribution in [3.05, 3.63) is 0 Å². The Morgan fingerprint density at radius 3 is 2.61 bits per heavy atom. The minimum absolute atomic E-state index is 0.688. The van der Waals surface area contributed by atoms with Gasteiger partial charge in [-0.15, -0.1) is 0 Å². The fourth-order valence-corrected chi connectivity index (χ4v) is 3.41. The molecule has 2 rings (SSSR count). The SMILES string of the molecule is CCC1CN(C(C)CNC2CCCC2)CCN1C. The smallest absolute Gasteiger partial charge is 0.0218 e. The molecule has 0 radical (unpaired) electrons. The topological polar surface area (TPSA) is 18.5 Å². The van der Waals surface area contributed by atoms with Gasteiger partial charge in [-0.2, -0.15) is 0 Å². The summed E-state index contributed by atoms with van der Waals surface area (Å²) in [6, 6.07) is 2.25. The van der Waals surface area contributed by atoms with Crippen molar-refractivity contribution in [2.75, 3.05) is 33.2 Å². The van der Waals surface area contributed by atoms with E-state index in [4.69, 9.17) is 0 Å². The van der Waals surface area contributed by atoms with Crippen LogP contribution in [0.1, 0.15) is 46.0 Å². The van der Waals surface area contributed by atoms with Crippen LogP contribution in [0.2, 0.25) is 0 Å². The van der Waals surface area contributed by atoms with Crippen LogP contribution in [0, 0.1) is 0 Å². The van der Waals surface area contributed by atoms with Crippen LogP contribution in [0.3, 0.4) is 0 Å². The van der Waals surface area contributed by atoms with Gasteiger partial charge in [0.2, 0.25) is 0 Å². The first-order chi connectivity index (χ1) is 8.70. The maximum atomic E-state index is 3.77. The van der Waals surface area contributed by atoms with Crippen molar-refractivity contribution in [3.63, 3.8) is 0 Å². The third-order valence-corrected chi connectivity index (χ3v) is 4.96. The van der Waals surface area contributed by atoms with Crippen molar-refractivity contribution in [2.45, 2.75) is 64.1 Å². The highest BCUT2D eigenvalue weighted by molar-refractivity contribution is 4.84. The summed E-state index contributed by atoms with van der Waals surface area (Å²) < 4.78 is 0. The van der Waals surface area contributed by atoms with E-state index >= 15 is 0 Å². The summed E-state index contributed by atoms with van der Waals surface area (Å²) in [5.41, 5.74) is 0. The van der Waals surface area contributed by atoms with Gasteiger partial charge in [0.1, 0.15) is 0 Å². The standard InChI is InChI=1S/C15H31N3/c1-4-15-12-18(10-9-17(15)3)13(2)11-16-14-7-5-6-8-14/h13-16H,4-12H2,1-3H3. The Hall–Kier alpha value is -0.120. The number of nitrogens with zero attached hydrogens (tertiary/aromatic N) is 2. The zero-order valence-electron chi connectivity index (χ0n) is 12.5. The van der Waals surface area contributed by atoms with Gasteiger partial charge < -0.3 is 10.2 Å². The second-order valence-corrected chi connectivity index (χ2v) is 6.28. The number of piperazine rings is 1. The van der Waals surface area contributed by atoms with Gasteiger partial charge in [-0.05, 0) is 33.2 Å². The molecule has 2 unspecified atom stereocenters. The molecule has 2 atom stereocenters. The molecule has 0 bridgehead atoms. The van der Waals surface area contributed by atoms with E-state index in [1.165, 1.54) is 58.3 Å². The quantitative estimate of drug-likeness (QED) is 0.808. The summed E-state index contributed by atoms with van der Waals surface area (Å²) >= 11 is 0. The van der Waals surface area contributed by atoms with Gasteiger partial charge in [-0.1, -0.05) is 19.8 Å². The summed E-state index contributed by atoms with van der Waals surface area (Å²) in [4.78, 5) is 5.20. The van der Waals surface area contributed by atoms with Crippen LogP contribution >= 0.6 is 0 Å². The fourth-order valence-electron chi connectivity index (χ4n) is 3.41. The first-order valence-corrected chi connectivity index (χ1v) is 7.88. The Labute approximate surface area is 113 Å². The molecule has 0 aromatic carbocycles. The molecule has 1 saturated heterocycles. The van der Waals surface area contributed by atoms with Gasteiger partial charge in [0.25, 0.3) is 0 Å². The summed E-state index contributed by atoms with van der Waals surface area (Å²) in [5.74, 6) is 0. The van der Waals surface area contributed by atoms with Gasteiger partial charge in [0, 0.05) is 44.3 Å². The molecule has 0 amide bonds. The zero-order valence-corrected chi connectivity index (χ0v) is 12.5. The van der Waals surface area contributed by atoms with Crippen molar-refractivity contribution in [1.29, 1.82) is 0 Å². The van der Waals surface area contributed by atoms with Crippen LogP contribution in [0.25, 0.3) is 0 Å². The van der Waals surface area contributed by atoms with E-state index in [2.05, 4.69) is 36.0 Å². The maximum Gasteiger partial charge on any atom is 0.0218 e. The van der Waals surface area contributed by atoms with Gasteiger partial charge in [-0.25, -0.2) is 0 Å². The Balaban J connectivity index is 1.72. The molecule has 2 aliphatic rings. The van der Waals surface area contributed by atoms with E-state index in [9.17, 15) is 0 Å². The molecule has 0 spiro atoms. The molecule has 2 fully saturated rings. The highest BCUT2D eigenvalue weighted by Gasteiger charge is 2.26. The Morgan fingerprint density at radius 2 is 1.94 bits per heavy atom. The second-order valence-electron chi connectivity index (χ2n) is 6.28. The van der Waals surface area contributed by atoms with Crippen molar-refractivity contribution < 1.29 is 0 Å². The minimum Gasteiger partial charge on any atom is -0.312 e. The second kappa shape index (κ2) is 6.88. The maximum absolute atomic E-state index is 3.77. The zero-order chi connectivity index (χ0) is 13.0. The van der Waals surface area contributed by atoms with E-state index in [0.29, 0.717) is 6.04 Å². The normalized spacial score (nSPS) is 29.8. The van der Waals surface area contributed by atoms with Crippen LogP contribution in [0.5, 0.6) is 0 Å². The van der Waals surface area contributed by atoms with Gasteiger partial charge in [0.05, 0.1) is 0 Å². The average Bonchev–Trinajstić information content (AvgIpc) is 2.89. The molecule has 106 valence electrons. The lowest BCUT2D eigenvalue weighted by Gasteiger charge is -2.42. The largest absolute Gasteiger partial charge is 0.312 e. The van der Waals surface area contributed by atoms with Crippen LogP contribution < -0.4 is 5.32 Å². The monoisotopic (exact) mass is 253 g/mol. The molecule has 0 aromatic heterocycles. The highest BCUT2D eigenvalue weighted by atomic mass is 15.3. The molecular formula is C15H31N3. The van der Waals surface area contributed by atoms with Crippen LogP contribution in [0.15, 0.2) is 0 Å². The Kier molecular flexibility index (Phi) is 5.46. The highest BCUT2D eigenvalue weighted by Crippen LogP contribution is 2.18. The van der Waals surface area contributed by atoms with E-state index in [1.807, 2.05) is 0 Å². The summed E-state index contributed by atoms with van der Waals surface area (Å²) in [6.45, 7) is 9.59. The molecule has 1 aliphatic carbocycles. The number of hydrogen-bond acceptors (Lipinski definition) is 3. The predicted molar refractivity (Wildman–Crippen MR) is 78.0 cm³/mol. The van der Waals surface area contributed by atoms with E-state index < -0.39 is 0 Å². The lowest BCUT2D eigenvalue weighted by atomic mass is 10.1.